The fraction of sp³-hybridized carbons (Fsp3) is 0.625. The molecule has 4 aliphatic carbocycles. The monoisotopic (exact) mass is 408 g/mol. The number of nitrogens with zero attached hydrogens (tertiary/aromatic N) is 1. The van der Waals surface area contributed by atoms with Gasteiger partial charge in [0.15, 0.2) is 0 Å². The Morgan fingerprint density at radius 3 is 2.33 bits per heavy atom. The summed E-state index contributed by atoms with van der Waals surface area (Å²) in [4.78, 5) is 33.8. The van der Waals surface area contributed by atoms with E-state index in [0.717, 1.165) is 36.1 Å². The predicted octanol–water partition coefficient (Wildman–Crippen LogP) is 3.71. The molecule has 6 nitrogen and oxygen atoms in total. The Morgan fingerprint density at radius 2 is 1.73 bits per heavy atom. The molecule has 0 radical (unpaired) electrons. The minimum atomic E-state index is -0.221. The highest BCUT2D eigenvalue weighted by molar-refractivity contribution is 5.88. The quantitative estimate of drug-likeness (QED) is 0.681. The molecule has 0 saturated heterocycles. The van der Waals surface area contributed by atoms with Gasteiger partial charge in [0.05, 0.1) is 23.6 Å². The molecule has 1 aromatic heterocycles. The molecular formula is C24H32N4O2. The number of nitrogens with one attached hydrogen (secondary N) is 3. The van der Waals surface area contributed by atoms with Gasteiger partial charge < -0.3 is 15.6 Å². The van der Waals surface area contributed by atoms with E-state index in [-0.39, 0.29) is 35.7 Å². The van der Waals surface area contributed by atoms with Crippen molar-refractivity contribution < 1.29 is 9.59 Å². The molecule has 3 N–H and O–H groups in total. The van der Waals surface area contributed by atoms with Crippen LogP contribution in [0.2, 0.25) is 0 Å². The van der Waals surface area contributed by atoms with Crippen LogP contribution < -0.4 is 10.6 Å². The van der Waals surface area contributed by atoms with Crippen molar-refractivity contribution in [1.29, 1.82) is 0 Å². The topological polar surface area (TPSA) is 86.9 Å². The van der Waals surface area contributed by atoms with Crippen LogP contribution in [0.1, 0.15) is 64.2 Å². The predicted molar refractivity (Wildman–Crippen MR) is 115 cm³/mol. The van der Waals surface area contributed by atoms with Crippen LogP contribution in [0.5, 0.6) is 0 Å². The van der Waals surface area contributed by atoms with Gasteiger partial charge in [-0.2, -0.15) is 0 Å². The summed E-state index contributed by atoms with van der Waals surface area (Å²) in [6, 6.07) is 7.64. The van der Waals surface area contributed by atoms with Crippen molar-refractivity contribution in [2.24, 2.45) is 29.1 Å². The summed E-state index contributed by atoms with van der Waals surface area (Å²) in [5.41, 5.74) is 1.63. The third kappa shape index (κ3) is 3.50. The second-order valence-electron chi connectivity index (χ2n) is 10.3. The minimum absolute atomic E-state index is 0.0318. The average Bonchev–Trinajstić information content (AvgIpc) is 3.12. The Morgan fingerprint density at radius 1 is 1.10 bits per heavy atom. The number of benzene rings is 1. The van der Waals surface area contributed by atoms with E-state index in [1.54, 1.807) is 0 Å². The number of carbonyl (C=O) groups is 2. The van der Waals surface area contributed by atoms with Crippen LogP contribution in [0.15, 0.2) is 24.3 Å². The maximum Gasteiger partial charge on any atom is 0.239 e. The Balaban J connectivity index is 1.22. The molecule has 1 heterocycles. The zero-order chi connectivity index (χ0) is 20.9. The average molecular weight is 409 g/mol. The highest BCUT2D eigenvalue weighted by Crippen LogP contribution is 2.60. The van der Waals surface area contributed by atoms with Crippen molar-refractivity contribution in [2.75, 3.05) is 6.54 Å². The number of carbonyl (C=O) groups excluding carboxylic acids is 2. The molecule has 4 bridgehead atoms. The molecule has 160 valence electrons. The lowest BCUT2D eigenvalue weighted by Gasteiger charge is -2.55. The van der Waals surface area contributed by atoms with Crippen LogP contribution in [-0.2, 0) is 9.59 Å². The van der Waals surface area contributed by atoms with Gasteiger partial charge in [-0.3, -0.25) is 9.59 Å². The van der Waals surface area contributed by atoms with Crippen LogP contribution in [0.25, 0.3) is 11.0 Å². The molecule has 6 rings (SSSR count). The number of imidazole rings is 1. The van der Waals surface area contributed by atoms with E-state index in [4.69, 9.17) is 0 Å². The van der Waals surface area contributed by atoms with Crippen LogP contribution in [0, 0.1) is 29.1 Å². The van der Waals surface area contributed by atoms with Crippen molar-refractivity contribution in [3.63, 3.8) is 0 Å². The summed E-state index contributed by atoms with van der Waals surface area (Å²) in [5.74, 6) is 3.02. The van der Waals surface area contributed by atoms with Crippen molar-refractivity contribution >= 4 is 22.8 Å². The maximum atomic E-state index is 13.1. The molecule has 2 amide bonds. The number of hydrogen-bond acceptors (Lipinski definition) is 3. The summed E-state index contributed by atoms with van der Waals surface area (Å²) < 4.78 is 0. The van der Waals surface area contributed by atoms with Gasteiger partial charge in [0, 0.05) is 5.41 Å². The second kappa shape index (κ2) is 7.40. The first-order valence-electron chi connectivity index (χ1n) is 11.4. The molecule has 0 spiro atoms. The van der Waals surface area contributed by atoms with E-state index in [1.165, 1.54) is 19.3 Å². The Kier molecular flexibility index (Phi) is 4.83. The van der Waals surface area contributed by atoms with E-state index in [0.29, 0.717) is 17.8 Å². The maximum absolute atomic E-state index is 13.1. The molecule has 1 atom stereocenters. The van der Waals surface area contributed by atoms with Crippen molar-refractivity contribution in [3.8, 4) is 0 Å². The number of H-pyrrole nitrogens is 1. The molecule has 2 aromatic rings. The van der Waals surface area contributed by atoms with Crippen molar-refractivity contribution in [2.45, 2.75) is 58.4 Å². The molecular weight excluding hydrogens is 376 g/mol. The molecule has 4 aliphatic rings. The van der Waals surface area contributed by atoms with Gasteiger partial charge in [0.25, 0.3) is 0 Å². The minimum Gasteiger partial charge on any atom is -0.347 e. The normalized spacial score (nSPS) is 30.6. The van der Waals surface area contributed by atoms with Gasteiger partial charge in [-0.05, 0) is 74.3 Å². The molecule has 1 aromatic carbocycles. The zero-order valence-corrected chi connectivity index (χ0v) is 17.9. The zero-order valence-electron chi connectivity index (χ0n) is 17.9. The Hall–Kier alpha value is -2.37. The molecule has 4 saturated carbocycles. The largest absolute Gasteiger partial charge is 0.347 e. The van der Waals surface area contributed by atoms with Gasteiger partial charge in [-0.1, -0.05) is 26.0 Å². The number of rotatable bonds is 6. The lowest BCUT2D eigenvalue weighted by atomic mass is 9.49. The van der Waals surface area contributed by atoms with Gasteiger partial charge >= 0.3 is 0 Å². The number of fused-ring (bicyclic) bond motifs is 1. The van der Waals surface area contributed by atoms with Gasteiger partial charge in [0.2, 0.25) is 11.8 Å². The SMILES string of the molecule is CC(C)C(NC(=O)CNC(=O)C12CC3CC(CC(C3)C1)C2)c1nc2ccccc2[nH]1. The van der Waals surface area contributed by atoms with E-state index >= 15 is 0 Å². The number of aromatic amines is 1. The standard InChI is InChI=1S/C24H32N4O2/c1-14(2)21(22-26-18-5-3-4-6-19(18)27-22)28-20(29)13-25-23(30)24-10-15-7-16(11-24)9-17(8-15)12-24/h3-6,14-17,21H,7-13H2,1-2H3,(H,25,30)(H,26,27)(H,28,29). The highest BCUT2D eigenvalue weighted by atomic mass is 16.2. The van der Waals surface area contributed by atoms with E-state index in [2.05, 4.69) is 34.4 Å². The van der Waals surface area contributed by atoms with Crippen LogP contribution in [0.3, 0.4) is 0 Å². The Bertz CT molecular complexity index is 895. The smallest absolute Gasteiger partial charge is 0.239 e. The first kappa shape index (κ1) is 19.6. The van der Waals surface area contributed by atoms with E-state index in [1.807, 2.05) is 24.3 Å². The van der Waals surface area contributed by atoms with E-state index < -0.39 is 0 Å². The number of hydrogen-bond donors (Lipinski definition) is 3. The summed E-state index contributed by atoms with van der Waals surface area (Å²) in [6.07, 6.45) is 6.96. The summed E-state index contributed by atoms with van der Waals surface area (Å²) in [5, 5.41) is 6.06. The third-order valence-corrected chi connectivity index (χ3v) is 7.61. The highest BCUT2D eigenvalue weighted by Gasteiger charge is 2.54. The fourth-order valence-corrected chi connectivity index (χ4v) is 6.63. The van der Waals surface area contributed by atoms with Crippen LogP contribution in [0.4, 0.5) is 0 Å². The fourth-order valence-electron chi connectivity index (χ4n) is 6.63. The summed E-state index contributed by atoms with van der Waals surface area (Å²) in [7, 11) is 0. The van der Waals surface area contributed by atoms with Crippen molar-refractivity contribution in [3.05, 3.63) is 30.1 Å². The number of para-hydroxylation sites is 2. The molecule has 30 heavy (non-hydrogen) atoms. The molecule has 4 fully saturated rings. The van der Waals surface area contributed by atoms with Crippen LogP contribution >= 0.6 is 0 Å². The van der Waals surface area contributed by atoms with Gasteiger partial charge in [0.1, 0.15) is 5.82 Å². The van der Waals surface area contributed by atoms with Crippen molar-refractivity contribution in [1.82, 2.24) is 20.6 Å². The molecule has 0 aliphatic heterocycles. The first-order valence-corrected chi connectivity index (χ1v) is 11.4. The molecule has 1 unspecified atom stereocenters. The number of aromatic nitrogens is 2. The number of amides is 2. The first-order chi connectivity index (χ1) is 14.4. The van der Waals surface area contributed by atoms with Gasteiger partial charge in [-0.15, -0.1) is 0 Å². The van der Waals surface area contributed by atoms with Crippen LogP contribution in [-0.4, -0.2) is 28.3 Å². The third-order valence-electron chi connectivity index (χ3n) is 7.61. The van der Waals surface area contributed by atoms with E-state index in [9.17, 15) is 9.59 Å². The summed E-state index contributed by atoms with van der Waals surface area (Å²) >= 11 is 0. The molecule has 6 heteroatoms. The lowest BCUT2D eigenvalue weighted by molar-refractivity contribution is -0.147. The van der Waals surface area contributed by atoms with Gasteiger partial charge in [-0.25, -0.2) is 4.98 Å². The lowest BCUT2D eigenvalue weighted by Crippen LogP contribution is -2.54. The Labute approximate surface area is 177 Å². The second-order valence-corrected chi connectivity index (χ2v) is 10.3. The summed E-state index contributed by atoms with van der Waals surface area (Å²) in [6.45, 7) is 4.16.